The summed E-state index contributed by atoms with van der Waals surface area (Å²) in [4.78, 5) is 49.8. The Morgan fingerprint density at radius 1 is 1.03 bits per heavy atom. The van der Waals surface area contributed by atoms with Crippen LogP contribution in [0.4, 0.5) is 5.13 Å². The van der Waals surface area contributed by atoms with Gasteiger partial charge in [0, 0.05) is 29.6 Å². The predicted molar refractivity (Wildman–Crippen MR) is 130 cm³/mol. The van der Waals surface area contributed by atoms with E-state index in [1.165, 1.54) is 25.6 Å². The van der Waals surface area contributed by atoms with Crippen LogP contribution >= 0.6 is 11.3 Å². The van der Waals surface area contributed by atoms with Gasteiger partial charge in [-0.2, -0.15) is 0 Å². The maximum absolute atomic E-state index is 12.4. The Kier molecular flexibility index (Phi) is 12.5. The van der Waals surface area contributed by atoms with Crippen LogP contribution in [-0.2, 0) is 9.59 Å². The number of hydrogen-bond donors (Lipinski definition) is 4. The molecule has 0 unspecified atom stereocenters. The second-order valence-electron chi connectivity index (χ2n) is 6.98. The SMILES string of the molecule is COc1ccc(C(=O)Nc2nc(C(=O)NCCCN(C)C)cs2)cc1OC.O=C(O)/C=C/C(=O)O. The van der Waals surface area contributed by atoms with E-state index in [1.807, 2.05) is 14.1 Å². The molecule has 2 amide bonds. The topological polar surface area (TPSA) is 167 Å². The van der Waals surface area contributed by atoms with Crippen molar-refractivity contribution in [3.63, 3.8) is 0 Å². The van der Waals surface area contributed by atoms with Gasteiger partial charge in [0.25, 0.3) is 11.8 Å². The van der Waals surface area contributed by atoms with Crippen molar-refractivity contribution in [1.82, 2.24) is 15.2 Å². The molecule has 0 radical (unpaired) electrons. The Morgan fingerprint density at radius 3 is 2.20 bits per heavy atom. The van der Waals surface area contributed by atoms with E-state index >= 15 is 0 Å². The first kappa shape index (κ1) is 29.1. The molecule has 0 aliphatic carbocycles. The summed E-state index contributed by atoms with van der Waals surface area (Å²) in [6.45, 7) is 1.46. The van der Waals surface area contributed by atoms with E-state index in [1.54, 1.807) is 23.6 Å². The van der Waals surface area contributed by atoms with Crippen LogP contribution in [0.3, 0.4) is 0 Å². The number of hydrogen-bond acceptors (Lipinski definition) is 9. The number of rotatable bonds is 11. The van der Waals surface area contributed by atoms with Crippen molar-refractivity contribution in [3.05, 3.63) is 47.0 Å². The van der Waals surface area contributed by atoms with Crippen molar-refractivity contribution < 1.29 is 38.9 Å². The zero-order valence-electron chi connectivity index (χ0n) is 19.7. The van der Waals surface area contributed by atoms with Gasteiger partial charge >= 0.3 is 11.9 Å². The summed E-state index contributed by atoms with van der Waals surface area (Å²) in [5.74, 6) is -2.11. The Balaban J connectivity index is 0.000000658. The highest BCUT2D eigenvalue weighted by Gasteiger charge is 2.15. The maximum Gasteiger partial charge on any atom is 0.328 e. The Bertz CT molecular complexity index is 1040. The molecule has 0 aliphatic heterocycles. The number of methoxy groups -OCH3 is 2. The molecule has 1 aromatic carbocycles. The monoisotopic (exact) mass is 508 g/mol. The molecule has 4 N–H and O–H groups in total. The summed E-state index contributed by atoms with van der Waals surface area (Å²) in [5.41, 5.74) is 0.685. The third-order valence-electron chi connectivity index (χ3n) is 4.04. The molecule has 0 bridgehead atoms. The van der Waals surface area contributed by atoms with Crippen molar-refractivity contribution in [3.8, 4) is 11.5 Å². The Hall–Kier alpha value is -3.97. The van der Waals surface area contributed by atoms with Gasteiger partial charge in [0.05, 0.1) is 14.2 Å². The van der Waals surface area contributed by atoms with E-state index in [4.69, 9.17) is 19.7 Å². The molecule has 1 aromatic heterocycles. The number of amides is 2. The summed E-state index contributed by atoms with van der Waals surface area (Å²) < 4.78 is 10.4. The first-order valence-electron chi connectivity index (χ1n) is 10.1. The first-order chi connectivity index (χ1) is 16.6. The molecule has 35 heavy (non-hydrogen) atoms. The number of thiazole rings is 1. The highest BCUT2D eigenvalue weighted by atomic mass is 32.1. The molecule has 2 aromatic rings. The Morgan fingerprint density at radius 2 is 1.66 bits per heavy atom. The van der Waals surface area contributed by atoms with Crippen LogP contribution in [0, 0.1) is 0 Å². The average Bonchev–Trinajstić information content (AvgIpc) is 3.28. The van der Waals surface area contributed by atoms with Crippen LogP contribution in [0.25, 0.3) is 0 Å². The van der Waals surface area contributed by atoms with Gasteiger partial charge in [-0.1, -0.05) is 0 Å². The molecule has 13 heteroatoms. The predicted octanol–water partition coefficient (Wildman–Crippen LogP) is 1.81. The van der Waals surface area contributed by atoms with Gasteiger partial charge in [-0.3, -0.25) is 14.9 Å². The van der Waals surface area contributed by atoms with Crippen LogP contribution in [0.5, 0.6) is 11.5 Å². The average molecular weight is 509 g/mol. The molecule has 0 atom stereocenters. The lowest BCUT2D eigenvalue weighted by molar-refractivity contribution is -0.134. The fraction of sp³-hybridized carbons (Fsp3) is 0.318. The van der Waals surface area contributed by atoms with Crippen molar-refractivity contribution >= 4 is 40.2 Å². The lowest BCUT2D eigenvalue weighted by atomic mass is 10.2. The van der Waals surface area contributed by atoms with Crippen LogP contribution < -0.4 is 20.1 Å². The first-order valence-corrected chi connectivity index (χ1v) is 11.0. The normalized spacial score (nSPS) is 10.3. The molecular weight excluding hydrogens is 480 g/mol. The van der Waals surface area contributed by atoms with Crippen molar-refractivity contribution in [2.45, 2.75) is 6.42 Å². The van der Waals surface area contributed by atoms with Gasteiger partial charge in [-0.25, -0.2) is 14.6 Å². The standard InChI is InChI=1S/C18H24N4O4S.C4H4O4/c1-22(2)9-5-8-19-17(24)13-11-27-18(20-13)21-16(23)12-6-7-14(25-3)15(10-12)26-4;5-3(6)1-2-4(7)8/h6-7,10-11H,5,8-9H2,1-4H3,(H,19,24)(H,20,21,23);1-2H,(H,5,6)(H,7,8)/b;2-1+. The number of nitrogens with one attached hydrogen (secondary N) is 2. The summed E-state index contributed by atoms with van der Waals surface area (Å²) in [5, 5.41) is 23.1. The second kappa shape index (κ2) is 15.0. The molecule has 190 valence electrons. The van der Waals surface area contributed by atoms with E-state index in [2.05, 4.69) is 20.5 Å². The number of nitrogens with zero attached hydrogens (tertiary/aromatic N) is 2. The van der Waals surface area contributed by atoms with Crippen molar-refractivity contribution in [2.75, 3.05) is 46.7 Å². The zero-order valence-corrected chi connectivity index (χ0v) is 20.5. The van der Waals surface area contributed by atoms with E-state index in [0.29, 0.717) is 40.9 Å². The van der Waals surface area contributed by atoms with Crippen LogP contribution in [0.1, 0.15) is 27.3 Å². The summed E-state index contributed by atoms with van der Waals surface area (Å²) >= 11 is 1.19. The van der Waals surface area contributed by atoms with Crippen molar-refractivity contribution in [1.29, 1.82) is 0 Å². The minimum absolute atomic E-state index is 0.253. The van der Waals surface area contributed by atoms with Crippen LogP contribution in [0.2, 0.25) is 0 Å². The van der Waals surface area contributed by atoms with Crippen molar-refractivity contribution in [2.24, 2.45) is 0 Å². The number of carboxylic acid groups (broad SMARTS) is 2. The fourth-order valence-electron chi connectivity index (χ4n) is 2.41. The van der Waals surface area contributed by atoms with Gasteiger partial charge in [-0.15, -0.1) is 11.3 Å². The minimum Gasteiger partial charge on any atom is -0.493 e. The third kappa shape index (κ3) is 11.1. The number of benzene rings is 1. The lowest BCUT2D eigenvalue weighted by Crippen LogP contribution is -2.27. The van der Waals surface area contributed by atoms with E-state index in [-0.39, 0.29) is 17.5 Å². The highest BCUT2D eigenvalue weighted by Crippen LogP contribution is 2.28. The van der Waals surface area contributed by atoms with E-state index in [0.717, 1.165) is 13.0 Å². The summed E-state index contributed by atoms with van der Waals surface area (Å²) in [7, 11) is 7.00. The number of ether oxygens (including phenoxy) is 2. The quantitative estimate of drug-likeness (QED) is 0.259. The molecule has 0 saturated carbocycles. The van der Waals surface area contributed by atoms with Gasteiger partial charge in [0.1, 0.15) is 5.69 Å². The molecular formula is C22H28N4O8S. The van der Waals surface area contributed by atoms with E-state index < -0.39 is 11.9 Å². The number of anilines is 1. The van der Waals surface area contributed by atoms with Crippen LogP contribution in [0.15, 0.2) is 35.7 Å². The third-order valence-corrected chi connectivity index (χ3v) is 4.80. The molecule has 1 heterocycles. The second-order valence-corrected chi connectivity index (χ2v) is 7.84. The molecule has 12 nitrogen and oxygen atoms in total. The fourth-order valence-corrected chi connectivity index (χ4v) is 3.10. The molecule has 0 spiro atoms. The van der Waals surface area contributed by atoms with Gasteiger partial charge < -0.3 is 29.9 Å². The number of carboxylic acids is 2. The largest absolute Gasteiger partial charge is 0.493 e. The van der Waals surface area contributed by atoms with Gasteiger partial charge in [0.15, 0.2) is 16.6 Å². The maximum atomic E-state index is 12.4. The zero-order chi connectivity index (χ0) is 26.4. The number of carbonyl (C=O) groups excluding carboxylic acids is 2. The molecule has 0 fully saturated rings. The summed E-state index contributed by atoms with van der Waals surface area (Å²) in [6.07, 6.45) is 1.97. The molecule has 2 rings (SSSR count). The number of carbonyl (C=O) groups is 4. The smallest absolute Gasteiger partial charge is 0.328 e. The Labute approximate surface area is 206 Å². The molecule has 0 saturated heterocycles. The van der Waals surface area contributed by atoms with Gasteiger partial charge in [-0.05, 0) is 45.3 Å². The minimum atomic E-state index is -1.26. The summed E-state index contributed by atoms with van der Waals surface area (Å²) in [6, 6.07) is 4.87. The number of aliphatic carboxylic acids is 2. The van der Waals surface area contributed by atoms with Crippen LogP contribution in [-0.4, -0.2) is 85.3 Å². The van der Waals surface area contributed by atoms with E-state index in [9.17, 15) is 19.2 Å². The lowest BCUT2D eigenvalue weighted by Gasteiger charge is -2.09. The van der Waals surface area contributed by atoms with Gasteiger partial charge in [0.2, 0.25) is 0 Å². The molecule has 0 aliphatic rings. The highest BCUT2D eigenvalue weighted by molar-refractivity contribution is 7.14. The number of aromatic nitrogens is 1.